The molecule has 5 rings (SSSR count). The van der Waals surface area contributed by atoms with E-state index in [0.29, 0.717) is 5.82 Å². The van der Waals surface area contributed by atoms with E-state index in [1.807, 2.05) is 25.1 Å². The number of ether oxygens (including phenoxy) is 1. The number of benzene rings is 1. The van der Waals surface area contributed by atoms with Gasteiger partial charge in [0.15, 0.2) is 5.82 Å². The minimum absolute atomic E-state index is 0.705. The van der Waals surface area contributed by atoms with Crippen LogP contribution in [0.1, 0.15) is 22.0 Å². The number of H-pyrrole nitrogens is 1. The summed E-state index contributed by atoms with van der Waals surface area (Å²) in [6.07, 6.45) is 2.37. The average Bonchev–Trinajstić information content (AvgIpc) is 3.40. The topological polar surface area (TPSA) is 81.2 Å². The van der Waals surface area contributed by atoms with Crippen LogP contribution in [0, 0.1) is 13.8 Å². The molecule has 0 atom stereocenters. The van der Waals surface area contributed by atoms with Crippen LogP contribution in [-0.4, -0.2) is 31.9 Å². The Kier molecular flexibility index (Phi) is 3.54. The zero-order valence-electron chi connectivity index (χ0n) is 15.1. The van der Waals surface area contributed by atoms with E-state index in [0.717, 1.165) is 50.1 Å². The van der Waals surface area contributed by atoms with Gasteiger partial charge >= 0.3 is 0 Å². The number of hydrogen-bond acceptors (Lipinski definition) is 6. The summed E-state index contributed by atoms with van der Waals surface area (Å²) in [4.78, 5) is 4.22. The molecule has 8 heteroatoms. The SMILES string of the molecule is COc1ccc2[nH]c(C)c(Cc3nn4c(-c5ccoc5C)nnc4s3)c2c1. The lowest BCUT2D eigenvalue weighted by Crippen LogP contribution is -1.94. The summed E-state index contributed by atoms with van der Waals surface area (Å²) < 4.78 is 12.6. The number of aromatic amines is 1. The first-order chi connectivity index (χ1) is 13.1. The molecule has 0 aliphatic heterocycles. The lowest BCUT2D eigenvalue weighted by Gasteiger charge is -2.01. The van der Waals surface area contributed by atoms with Gasteiger partial charge in [0.25, 0.3) is 0 Å². The molecule has 0 saturated carbocycles. The van der Waals surface area contributed by atoms with Crippen molar-refractivity contribution in [1.82, 2.24) is 24.8 Å². The van der Waals surface area contributed by atoms with Crippen LogP contribution in [0.2, 0.25) is 0 Å². The van der Waals surface area contributed by atoms with Crippen LogP contribution in [0.3, 0.4) is 0 Å². The van der Waals surface area contributed by atoms with Crippen LogP contribution in [0.4, 0.5) is 0 Å². The molecule has 27 heavy (non-hydrogen) atoms. The summed E-state index contributed by atoms with van der Waals surface area (Å²) in [5.74, 6) is 2.35. The van der Waals surface area contributed by atoms with Gasteiger partial charge in [0.2, 0.25) is 4.96 Å². The van der Waals surface area contributed by atoms with Crippen molar-refractivity contribution in [3.05, 3.63) is 52.6 Å². The maximum Gasteiger partial charge on any atom is 0.234 e. The molecule has 4 heterocycles. The first-order valence-electron chi connectivity index (χ1n) is 8.55. The van der Waals surface area contributed by atoms with Crippen molar-refractivity contribution in [1.29, 1.82) is 0 Å². The third-order valence-electron chi connectivity index (χ3n) is 4.79. The van der Waals surface area contributed by atoms with Gasteiger partial charge in [-0.25, -0.2) is 0 Å². The van der Waals surface area contributed by atoms with E-state index in [1.54, 1.807) is 29.2 Å². The lowest BCUT2D eigenvalue weighted by atomic mass is 10.1. The maximum absolute atomic E-state index is 5.39. The Bertz CT molecular complexity index is 1280. The normalized spacial score (nSPS) is 11.7. The fourth-order valence-electron chi connectivity index (χ4n) is 3.38. The van der Waals surface area contributed by atoms with Crippen molar-refractivity contribution in [3.8, 4) is 17.1 Å². The number of nitrogens with zero attached hydrogens (tertiary/aromatic N) is 4. The first kappa shape index (κ1) is 16.1. The Labute approximate surface area is 158 Å². The molecule has 136 valence electrons. The van der Waals surface area contributed by atoms with Gasteiger partial charge in [0, 0.05) is 23.0 Å². The molecule has 0 radical (unpaired) electrons. The number of hydrogen-bond donors (Lipinski definition) is 1. The summed E-state index contributed by atoms with van der Waals surface area (Å²) in [6.45, 7) is 3.99. The summed E-state index contributed by atoms with van der Waals surface area (Å²) in [7, 11) is 1.68. The number of aromatic nitrogens is 5. The van der Waals surface area contributed by atoms with E-state index in [1.165, 1.54) is 5.56 Å². The number of furan rings is 1. The highest BCUT2D eigenvalue weighted by atomic mass is 32.1. The standard InChI is InChI=1S/C19H17N5O2S/c1-10-14(15-8-12(25-3)4-5-16(15)20-10)9-17-23-24-18(21-22-19(24)27-17)13-6-7-26-11(13)2/h4-8,20H,9H2,1-3H3. The van der Waals surface area contributed by atoms with E-state index >= 15 is 0 Å². The molecule has 0 bridgehead atoms. The second-order valence-electron chi connectivity index (χ2n) is 6.42. The lowest BCUT2D eigenvalue weighted by molar-refractivity contribution is 0.415. The zero-order chi connectivity index (χ0) is 18.5. The average molecular weight is 379 g/mol. The number of rotatable bonds is 4. The number of aryl methyl sites for hydroxylation is 2. The van der Waals surface area contributed by atoms with Crippen LogP contribution in [0.15, 0.2) is 34.9 Å². The summed E-state index contributed by atoms with van der Waals surface area (Å²) >= 11 is 1.55. The Morgan fingerprint density at radius 3 is 2.89 bits per heavy atom. The molecule has 0 amide bonds. The third-order valence-corrected chi connectivity index (χ3v) is 5.69. The molecule has 1 N–H and O–H groups in total. The Morgan fingerprint density at radius 1 is 1.22 bits per heavy atom. The van der Waals surface area contributed by atoms with Crippen molar-refractivity contribution in [2.75, 3.05) is 7.11 Å². The van der Waals surface area contributed by atoms with Crippen molar-refractivity contribution in [3.63, 3.8) is 0 Å². The van der Waals surface area contributed by atoms with Gasteiger partial charge in [-0.2, -0.15) is 9.61 Å². The molecular weight excluding hydrogens is 362 g/mol. The number of nitrogens with one attached hydrogen (secondary N) is 1. The van der Waals surface area contributed by atoms with Gasteiger partial charge < -0.3 is 14.1 Å². The van der Waals surface area contributed by atoms with Crippen molar-refractivity contribution in [2.45, 2.75) is 20.3 Å². The summed E-state index contributed by atoms with van der Waals surface area (Å²) in [5.41, 5.74) is 4.36. The van der Waals surface area contributed by atoms with Crippen LogP contribution >= 0.6 is 11.3 Å². The smallest absolute Gasteiger partial charge is 0.234 e. The van der Waals surface area contributed by atoms with Crippen LogP contribution in [-0.2, 0) is 6.42 Å². The number of fused-ring (bicyclic) bond motifs is 2. The second-order valence-corrected chi connectivity index (χ2v) is 7.46. The third kappa shape index (κ3) is 2.52. The fourth-order valence-corrected chi connectivity index (χ4v) is 4.23. The zero-order valence-corrected chi connectivity index (χ0v) is 15.9. The van der Waals surface area contributed by atoms with E-state index in [9.17, 15) is 0 Å². The Hall–Kier alpha value is -3.13. The summed E-state index contributed by atoms with van der Waals surface area (Å²) in [6, 6.07) is 7.96. The van der Waals surface area contributed by atoms with Gasteiger partial charge in [-0.3, -0.25) is 0 Å². The quantitative estimate of drug-likeness (QED) is 0.507. The van der Waals surface area contributed by atoms with Crippen LogP contribution in [0.25, 0.3) is 27.3 Å². The van der Waals surface area contributed by atoms with Gasteiger partial charge in [-0.15, -0.1) is 10.2 Å². The predicted molar refractivity (Wildman–Crippen MR) is 103 cm³/mol. The van der Waals surface area contributed by atoms with Crippen molar-refractivity contribution < 1.29 is 9.15 Å². The molecule has 0 aliphatic rings. The molecule has 4 aromatic heterocycles. The maximum atomic E-state index is 5.39. The van der Waals surface area contributed by atoms with Crippen molar-refractivity contribution in [2.24, 2.45) is 0 Å². The molecule has 7 nitrogen and oxygen atoms in total. The summed E-state index contributed by atoms with van der Waals surface area (Å²) in [5, 5.41) is 15.4. The van der Waals surface area contributed by atoms with Crippen LogP contribution in [0.5, 0.6) is 5.75 Å². The van der Waals surface area contributed by atoms with Gasteiger partial charge in [-0.1, -0.05) is 11.3 Å². The fraction of sp³-hybridized carbons (Fsp3) is 0.211. The van der Waals surface area contributed by atoms with Gasteiger partial charge in [0.05, 0.1) is 18.9 Å². The highest BCUT2D eigenvalue weighted by Crippen LogP contribution is 2.30. The monoisotopic (exact) mass is 379 g/mol. The molecule has 0 fully saturated rings. The molecule has 0 saturated heterocycles. The largest absolute Gasteiger partial charge is 0.497 e. The van der Waals surface area contributed by atoms with Crippen molar-refractivity contribution >= 4 is 27.2 Å². The van der Waals surface area contributed by atoms with Crippen LogP contribution < -0.4 is 4.74 Å². The van der Waals surface area contributed by atoms with Gasteiger partial charge in [-0.05, 0) is 43.7 Å². The van der Waals surface area contributed by atoms with Gasteiger partial charge in [0.1, 0.15) is 16.5 Å². The molecule has 0 spiro atoms. The minimum Gasteiger partial charge on any atom is -0.497 e. The molecule has 1 aromatic carbocycles. The number of methoxy groups -OCH3 is 1. The Balaban J connectivity index is 1.58. The molecule has 0 unspecified atom stereocenters. The predicted octanol–water partition coefficient (Wildman–Crippen LogP) is 4.14. The highest BCUT2D eigenvalue weighted by Gasteiger charge is 2.18. The first-order valence-corrected chi connectivity index (χ1v) is 9.36. The van der Waals surface area contributed by atoms with E-state index in [4.69, 9.17) is 14.3 Å². The van der Waals surface area contributed by atoms with E-state index in [-0.39, 0.29) is 0 Å². The molecular formula is C19H17N5O2S. The van der Waals surface area contributed by atoms with E-state index in [2.05, 4.69) is 28.2 Å². The Morgan fingerprint density at radius 2 is 2.11 bits per heavy atom. The molecule has 5 aromatic rings. The van der Waals surface area contributed by atoms with E-state index < -0.39 is 0 Å². The minimum atomic E-state index is 0.705. The second kappa shape index (κ2) is 5.95. The molecule has 0 aliphatic carbocycles. The highest BCUT2D eigenvalue weighted by molar-refractivity contribution is 7.16.